The number of piperidine rings is 4. The largest absolute Gasteiger partial charge is 0.632 e. The Bertz CT molecular complexity index is 922. The molecule has 26 heavy (non-hydrogen) atoms. The van der Waals surface area contributed by atoms with Crippen molar-refractivity contribution in [3.8, 4) is 0 Å². The number of allylic oxidation sites excluding steroid dienone is 1. The second-order valence-corrected chi connectivity index (χ2v) is 8.60. The average Bonchev–Trinajstić information content (AvgIpc) is 3.08. The zero-order chi connectivity index (χ0) is 17.8. The van der Waals surface area contributed by atoms with E-state index in [1.807, 2.05) is 25.1 Å². The van der Waals surface area contributed by atoms with Crippen LogP contribution in [0.1, 0.15) is 32.3 Å². The van der Waals surface area contributed by atoms with Gasteiger partial charge in [-0.05, 0) is 24.1 Å². The molecule has 0 aromatic heterocycles. The highest BCUT2D eigenvalue weighted by atomic mass is 16.6. The lowest BCUT2D eigenvalue weighted by atomic mass is 9.66. The molecule has 7 rings (SSSR count). The molecule has 0 radical (unpaired) electrons. The number of ether oxygens (including phenoxy) is 1. The van der Waals surface area contributed by atoms with Crippen LogP contribution in [0, 0.1) is 17.0 Å². The standard InChI is InChI=1S/C21H22N2O3/c1-3-12-10-23(25)16-8-13(12)18-17(23)9-21(20(18)26-11(2)24)14-6-4-5-7-15(14)22-19(16)21/h3-7,13,16-18,20H,8-10H2,1-2H3/b12-3-/t13?,16-,17-,18?,20?,21+,23?/m0/s1. The number of hydrogen-bond donors (Lipinski definition) is 0. The van der Waals surface area contributed by atoms with Gasteiger partial charge >= 0.3 is 5.97 Å². The number of quaternary nitrogens is 1. The number of carbonyl (C=O) groups excluding carboxylic acids is 1. The van der Waals surface area contributed by atoms with Crippen LogP contribution in [0.25, 0.3) is 0 Å². The highest BCUT2D eigenvalue weighted by Crippen LogP contribution is 2.68. The van der Waals surface area contributed by atoms with Crippen molar-refractivity contribution < 1.29 is 14.2 Å². The molecule has 5 fully saturated rings. The van der Waals surface area contributed by atoms with E-state index in [9.17, 15) is 10.0 Å². The van der Waals surface area contributed by atoms with E-state index in [0.29, 0.717) is 12.5 Å². The van der Waals surface area contributed by atoms with Gasteiger partial charge in [0.1, 0.15) is 18.7 Å². The fourth-order valence-electron chi connectivity index (χ4n) is 7.06. The Morgan fingerprint density at radius 3 is 3.00 bits per heavy atom. The van der Waals surface area contributed by atoms with Gasteiger partial charge in [0.25, 0.3) is 0 Å². The van der Waals surface area contributed by atoms with E-state index in [0.717, 1.165) is 29.8 Å². The molecule has 5 nitrogen and oxygen atoms in total. The Morgan fingerprint density at radius 2 is 2.23 bits per heavy atom. The summed E-state index contributed by atoms with van der Waals surface area (Å²) in [4.78, 5) is 17.0. The molecule has 5 heterocycles. The summed E-state index contributed by atoms with van der Waals surface area (Å²) in [7, 11) is 0. The molecule has 1 spiro atoms. The first-order valence-electron chi connectivity index (χ1n) is 9.60. The number of carbonyl (C=O) groups is 1. The monoisotopic (exact) mass is 350 g/mol. The van der Waals surface area contributed by atoms with Gasteiger partial charge in [0.15, 0.2) is 0 Å². The van der Waals surface area contributed by atoms with E-state index >= 15 is 0 Å². The fourth-order valence-corrected chi connectivity index (χ4v) is 7.06. The summed E-state index contributed by atoms with van der Waals surface area (Å²) in [6.45, 7) is 4.09. The van der Waals surface area contributed by atoms with Gasteiger partial charge in [-0.15, -0.1) is 0 Å². The first-order chi connectivity index (χ1) is 12.5. The van der Waals surface area contributed by atoms with Crippen molar-refractivity contribution in [3.63, 3.8) is 0 Å². The Balaban J connectivity index is 1.64. The lowest BCUT2D eigenvalue weighted by Gasteiger charge is -2.65. The molecule has 0 amide bonds. The second kappa shape index (κ2) is 4.46. The molecule has 0 N–H and O–H groups in total. The predicted octanol–water partition coefficient (Wildman–Crippen LogP) is 3.01. The van der Waals surface area contributed by atoms with Crippen molar-refractivity contribution in [2.75, 3.05) is 6.54 Å². The number of nitrogens with zero attached hydrogens (tertiary/aromatic N) is 2. The third-order valence-electron chi connectivity index (χ3n) is 7.81. The maximum absolute atomic E-state index is 14.1. The highest BCUT2D eigenvalue weighted by Gasteiger charge is 2.78. The van der Waals surface area contributed by atoms with E-state index in [-0.39, 0.29) is 40.1 Å². The van der Waals surface area contributed by atoms with Crippen molar-refractivity contribution in [1.82, 2.24) is 0 Å². The number of fused-ring (bicyclic) bond motifs is 2. The van der Waals surface area contributed by atoms with Crippen LogP contribution in [0.4, 0.5) is 5.69 Å². The van der Waals surface area contributed by atoms with Gasteiger partial charge in [-0.3, -0.25) is 9.79 Å². The smallest absolute Gasteiger partial charge is 0.302 e. The van der Waals surface area contributed by atoms with Crippen LogP contribution in [-0.2, 0) is 14.9 Å². The van der Waals surface area contributed by atoms with Crippen molar-refractivity contribution >= 4 is 17.4 Å². The summed E-state index contributed by atoms with van der Waals surface area (Å²) in [6.07, 6.45) is 3.45. The van der Waals surface area contributed by atoms with E-state index in [1.165, 1.54) is 12.5 Å². The molecule has 5 aliphatic heterocycles. The van der Waals surface area contributed by atoms with Gasteiger partial charge in [0.2, 0.25) is 0 Å². The van der Waals surface area contributed by atoms with Gasteiger partial charge < -0.3 is 14.6 Å². The number of hydroxylamine groups is 3. The highest BCUT2D eigenvalue weighted by molar-refractivity contribution is 6.07. The minimum Gasteiger partial charge on any atom is -0.632 e. The molecule has 6 aliphatic rings. The fraction of sp³-hybridized carbons (Fsp3) is 0.524. The molecule has 5 bridgehead atoms. The Hall–Kier alpha value is -1.98. The minimum atomic E-state index is -0.383. The number of para-hydroxylation sites is 1. The minimum absolute atomic E-state index is 0.0110. The normalized spacial score (nSPS) is 47.7. The van der Waals surface area contributed by atoms with E-state index in [2.05, 4.69) is 12.1 Å². The van der Waals surface area contributed by atoms with E-state index in [4.69, 9.17) is 9.73 Å². The molecule has 5 heteroatoms. The Morgan fingerprint density at radius 1 is 1.42 bits per heavy atom. The van der Waals surface area contributed by atoms with Gasteiger partial charge in [0, 0.05) is 25.7 Å². The van der Waals surface area contributed by atoms with E-state index < -0.39 is 0 Å². The summed E-state index contributed by atoms with van der Waals surface area (Å²) in [5, 5.41) is 14.1. The van der Waals surface area contributed by atoms with E-state index in [1.54, 1.807) is 0 Å². The maximum atomic E-state index is 14.1. The summed E-state index contributed by atoms with van der Waals surface area (Å²) in [5.74, 6) is 0.189. The first-order valence-corrected chi connectivity index (χ1v) is 9.60. The average molecular weight is 350 g/mol. The number of aliphatic imine (C=N–C) groups is 1. The van der Waals surface area contributed by atoms with Crippen molar-refractivity contribution in [2.24, 2.45) is 16.8 Å². The lowest BCUT2D eigenvalue weighted by Crippen LogP contribution is -2.73. The van der Waals surface area contributed by atoms with Crippen molar-refractivity contribution in [2.45, 2.75) is 50.3 Å². The third kappa shape index (κ3) is 1.41. The van der Waals surface area contributed by atoms with Crippen LogP contribution in [-0.4, -0.2) is 41.1 Å². The molecule has 7 atom stereocenters. The lowest BCUT2D eigenvalue weighted by molar-refractivity contribution is -0.934. The summed E-state index contributed by atoms with van der Waals surface area (Å²) < 4.78 is 5.82. The molecular formula is C21H22N2O3. The summed E-state index contributed by atoms with van der Waals surface area (Å²) >= 11 is 0. The number of benzene rings is 1. The molecule has 4 unspecified atom stereocenters. The molecule has 4 saturated heterocycles. The molecular weight excluding hydrogens is 328 g/mol. The molecule has 134 valence electrons. The summed E-state index contributed by atoms with van der Waals surface area (Å²) in [6, 6.07) is 8.10. The molecule has 1 aromatic rings. The van der Waals surface area contributed by atoms with Crippen LogP contribution in [0.2, 0.25) is 0 Å². The molecule has 1 aromatic carbocycles. The van der Waals surface area contributed by atoms with Crippen molar-refractivity contribution in [1.29, 1.82) is 0 Å². The quantitative estimate of drug-likeness (QED) is 0.338. The van der Waals surface area contributed by atoms with Crippen LogP contribution >= 0.6 is 0 Å². The van der Waals surface area contributed by atoms with Crippen LogP contribution in [0.15, 0.2) is 40.9 Å². The first kappa shape index (κ1) is 15.1. The third-order valence-corrected chi connectivity index (χ3v) is 7.81. The Labute approximate surface area is 152 Å². The second-order valence-electron chi connectivity index (χ2n) is 8.60. The molecule has 1 aliphatic carbocycles. The number of hydrogen-bond acceptors (Lipinski definition) is 4. The predicted molar refractivity (Wildman–Crippen MR) is 96.8 cm³/mol. The van der Waals surface area contributed by atoms with Gasteiger partial charge in [0.05, 0.1) is 28.8 Å². The summed E-state index contributed by atoms with van der Waals surface area (Å²) in [5.41, 5.74) is 3.99. The van der Waals surface area contributed by atoms with Crippen LogP contribution in [0.5, 0.6) is 0 Å². The molecule has 1 saturated carbocycles. The maximum Gasteiger partial charge on any atom is 0.302 e. The van der Waals surface area contributed by atoms with Gasteiger partial charge in [-0.25, -0.2) is 0 Å². The van der Waals surface area contributed by atoms with Gasteiger partial charge in [-0.1, -0.05) is 24.3 Å². The number of esters is 1. The topological polar surface area (TPSA) is 61.7 Å². The SMILES string of the molecule is C/C=C1/C[N+]2([O-])[C@H]3CC1C1C(OC(C)=O)[C@@]4(C[C@@H]12)C3=Nc1ccccc14. The number of rotatable bonds is 1. The van der Waals surface area contributed by atoms with Crippen molar-refractivity contribution in [3.05, 3.63) is 46.7 Å². The van der Waals surface area contributed by atoms with Gasteiger partial charge in [-0.2, -0.15) is 0 Å². The zero-order valence-corrected chi connectivity index (χ0v) is 15.0. The van der Waals surface area contributed by atoms with Crippen LogP contribution in [0.3, 0.4) is 0 Å². The Kier molecular flexibility index (Phi) is 2.59. The van der Waals surface area contributed by atoms with Crippen LogP contribution < -0.4 is 0 Å². The zero-order valence-electron chi connectivity index (χ0n) is 15.0.